The molecule has 164 valence electrons. The third-order valence-corrected chi connectivity index (χ3v) is 5.81. The number of hydrogen-bond donors (Lipinski definition) is 2. The fraction of sp³-hybridized carbons (Fsp3) is 0.391. The van der Waals surface area contributed by atoms with Crippen molar-refractivity contribution in [1.29, 1.82) is 0 Å². The van der Waals surface area contributed by atoms with E-state index in [2.05, 4.69) is 44.7 Å². The Bertz CT molecular complexity index is 885. The Balaban J connectivity index is 1.15. The van der Waals surface area contributed by atoms with Crippen LogP contribution in [-0.4, -0.2) is 68.7 Å². The molecular formula is C23H28FN5O2. The van der Waals surface area contributed by atoms with E-state index in [1.807, 2.05) is 6.07 Å². The maximum Gasteiger partial charge on any atom is 0.315 e. The Labute approximate surface area is 181 Å². The van der Waals surface area contributed by atoms with E-state index < -0.39 is 0 Å². The molecule has 2 heterocycles. The van der Waals surface area contributed by atoms with E-state index in [1.165, 1.54) is 17.8 Å². The average Bonchev–Trinajstić information content (AvgIpc) is 3.15. The van der Waals surface area contributed by atoms with E-state index in [0.29, 0.717) is 18.8 Å². The molecule has 0 bridgehead atoms. The van der Waals surface area contributed by atoms with Crippen LogP contribution in [0.25, 0.3) is 0 Å². The molecule has 0 radical (unpaired) electrons. The van der Waals surface area contributed by atoms with Gasteiger partial charge in [-0.2, -0.15) is 0 Å². The molecule has 0 saturated carbocycles. The molecule has 4 rings (SSSR count). The van der Waals surface area contributed by atoms with Gasteiger partial charge in [-0.25, -0.2) is 9.18 Å². The molecule has 0 spiro atoms. The summed E-state index contributed by atoms with van der Waals surface area (Å²) < 4.78 is 13.1. The third kappa shape index (κ3) is 5.52. The zero-order chi connectivity index (χ0) is 21.6. The number of urea groups is 1. The molecular weight excluding hydrogens is 397 g/mol. The summed E-state index contributed by atoms with van der Waals surface area (Å²) in [5, 5.41) is 5.77. The molecule has 2 aliphatic rings. The Morgan fingerprint density at radius 1 is 0.968 bits per heavy atom. The molecule has 0 aliphatic carbocycles. The second kappa shape index (κ2) is 9.78. The molecule has 7 nitrogen and oxygen atoms in total. The van der Waals surface area contributed by atoms with E-state index in [0.717, 1.165) is 32.7 Å². The molecule has 3 amide bonds. The van der Waals surface area contributed by atoms with Crippen molar-refractivity contribution in [1.82, 2.24) is 15.5 Å². The Morgan fingerprint density at radius 2 is 1.68 bits per heavy atom. The van der Waals surface area contributed by atoms with Crippen molar-refractivity contribution in [3.63, 3.8) is 0 Å². The van der Waals surface area contributed by atoms with Crippen molar-refractivity contribution < 1.29 is 14.0 Å². The highest BCUT2D eigenvalue weighted by Gasteiger charge is 2.31. The van der Waals surface area contributed by atoms with Crippen LogP contribution in [0.4, 0.5) is 20.6 Å². The minimum Gasteiger partial charge on any atom is -0.369 e. The van der Waals surface area contributed by atoms with Crippen molar-refractivity contribution in [2.75, 3.05) is 55.6 Å². The first-order chi connectivity index (χ1) is 15.1. The molecule has 2 aromatic carbocycles. The van der Waals surface area contributed by atoms with E-state index in [9.17, 15) is 14.0 Å². The summed E-state index contributed by atoms with van der Waals surface area (Å²) in [5.41, 5.74) is 1.89. The van der Waals surface area contributed by atoms with Gasteiger partial charge in [-0.1, -0.05) is 18.2 Å². The van der Waals surface area contributed by atoms with E-state index in [1.54, 1.807) is 17.0 Å². The second-order valence-electron chi connectivity index (χ2n) is 7.95. The van der Waals surface area contributed by atoms with E-state index >= 15 is 0 Å². The van der Waals surface area contributed by atoms with Crippen LogP contribution in [-0.2, 0) is 4.79 Å². The molecule has 0 aromatic heterocycles. The lowest BCUT2D eigenvalue weighted by atomic mass is 10.2. The first-order valence-electron chi connectivity index (χ1n) is 10.7. The largest absolute Gasteiger partial charge is 0.369 e. The Hall–Kier alpha value is -3.13. The van der Waals surface area contributed by atoms with Gasteiger partial charge in [-0.3, -0.25) is 9.69 Å². The number of anilines is 2. The van der Waals surface area contributed by atoms with Gasteiger partial charge in [0, 0.05) is 63.6 Å². The first-order valence-corrected chi connectivity index (χ1v) is 10.7. The van der Waals surface area contributed by atoms with Gasteiger partial charge in [0.1, 0.15) is 5.82 Å². The number of para-hydroxylation sites is 1. The molecule has 2 aliphatic heterocycles. The fourth-order valence-electron chi connectivity index (χ4n) is 4.11. The van der Waals surface area contributed by atoms with Crippen LogP contribution in [0.5, 0.6) is 0 Å². The number of nitrogens with zero attached hydrogens (tertiary/aromatic N) is 3. The predicted molar refractivity (Wildman–Crippen MR) is 119 cm³/mol. The van der Waals surface area contributed by atoms with E-state index in [4.69, 9.17) is 0 Å². The van der Waals surface area contributed by atoms with Gasteiger partial charge >= 0.3 is 6.03 Å². The lowest BCUT2D eigenvalue weighted by molar-refractivity contribution is -0.117. The van der Waals surface area contributed by atoms with Crippen LogP contribution < -0.4 is 20.4 Å². The Kier molecular flexibility index (Phi) is 6.66. The van der Waals surface area contributed by atoms with Gasteiger partial charge < -0.3 is 20.4 Å². The topological polar surface area (TPSA) is 67.9 Å². The monoisotopic (exact) mass is 425 g/mol. The maximum atomic E-state index is 13.1. The SMILES string of the molecule is O=C(NCCN1CCN(c2ccccc2)CC1)N[C@@H]1CC(=O)N(c2ccc(F)cc2)C1. The summed E-state index contributed by atoms with van der Waals surface area (Å²) in [6.45, 7) is 5.60. The van der Waals surface area contributed by atoms with Gasteiger partial charge in [-0.15, -0.1) is 0 Å². The summed E-state index contributed by atoms with van der Waals surface area (Å²) in [7, 11) is 0. The van der Waals surface area contributed by atoms with Crippen molar-refractivity contribution in [2.24, 2.45) is 0 Å². The number of halogens is 1. The van der Waals surface area contributed by atoms with Crippen LogP contribution in [0.3, 0.4) is 0 Å². The molecule has 2 aromatic rings. The maximum absolute atomic E-state index is 13.1. The molecule has 2 fully saturated rings. The number of carbonyl (C=O) groups is 2. The molecule has 2 saturated heterocycles. The number of amides is 3. The van der Waals surface area contributed by atoms with Crippen LogP contribution >= 0.6 is 0 Å². The summed E-state index contributed by atoms with van der Waals surface area (Å²) in [6.07, 6.45) is 0.242. The van der Waals surface area contributed by atoms with Crippen LogP contribution in [0.2, 0.25) is 0 Å². The van der Waals surface area contributed by atoms with E-state index in [-0.39, 0.29) is 30.2 Å². The number of rotatable bonds is 6. The van der Waals surface area contributed by atoms with Crippen LogP contribution in [0, 0.1) is 5.82 Å². The lowest BCUT2D eigenvalue weighted by Crippen LogP contribution is -2.50. The Morgan fingerprint density at radius 3 is 2.39 bits per heavy atom. The molecule has 1 atom stereocenters. The third-order valence-electron chi connectivity index (χ3n) is 5.81. The smallest absolute Gasteiger partial charge is 0.315 e. The van der Waals surface area contributed by atoms with Crippen LogP contribution in [0.15, 0.2) is 54.6 Å². The van der Waals surface area contributed by atoms with Gasteiger partial charge in [0.25, 0.3) is 0 Å². The highest BCUT2D eigenvalue weighted by molar-refractivity contribution is 5.96. The molecule has 0 unspecified atom stereocenters. The summed E-state index contributed by atoms with van der Waals surface area (Å²) in [4.78, 5) is 30.8. The number of hydrogen-bond acceptors (Lipinski definition) is 4. The van der Waals surface area contributed by atoms with Crippen molar-refractivity contribution in [2.45, 2.75) is 12.5 Å². The summed E-state index contributed by atoms with van der Waals surface area (Å²) in [6, 6.07) is 15.7. The van der Waals surface area contributed by atoms with Crippen LogP contribution in [0.1, 0.15) is 6.42 Å². The predicted octanol–water partition coefficient (Wildman–Crippen LogP) is 2.05. The quantitative estimate of drug-likeness (QED) is 0.744. The molecule has 31 heavy (non-hydrogen) atoms. The fourth-order valence-corrected chi connectivity index (χ4v) is 4.11. The van der Waals surface area contributed by atoms with Crippen molar-refractivity contribution in [3.8, 4) is 0 Å². The van der Waals surface area contributed by atoms with Crippen molar-refractivity contribution >= 4 is 23.3 Å². The number of nitrogens with one attached hydrogen (secondary N) is 2. The lowest BCUT2D eigenvalue weighted by Gasteiger charge is -2.36. The minimum absolute atomic E-state index is 0.0757. The standard InChI is InChI=1S/C23H28FN5O2/c24-18-6-8-21(9-7-18)29-17-19(16-22(29)30)26-23(31)25-10-11-27-12-14-28(15-13-27)20-4-2-1-3-5-20/h1-9,19H,10-17H2,(H2,25,26,31)/t19-/m1/s1. The molecule has 8 heteroatoms. The van der Waals surface area contributed by atoms with Gasteiger partial charge in [0.05, 0.1) is 6.04 Å². The molecule has 2 N–H and O–H groups in total. The number of carbonyl (C=O) groups excluding carboxylic acids is 2. The van der Waals surface area contributed by atoms with Gasteiger partial charge in [-0.05, 0) is 36.4 Å². The van der Waals surface area contributed by atoms with Crippen molar-refractivity contribution in [3.05, 3.63) is 60.4 Å². The summed E-state index contributed by atoms with van der Waals surface area (Å²) in [5.74, 6) is -0.417. The zero-order valence-electron chi connectivity index (χ0n) is 17.5. The zero-order valence-corrected chi connectivity index (χ0v) is 17.5. The number of benzene rings is 2. The second-order valence-corrected chi connectivity index (χ2v) is 7.95. The first kappa shape index (κ1) is 21.1. The minimum atomic E-state index is -0.342. The normalized spacial score (nSPS) is 19.5. The number of piperazine rings is 1. The van der Waals surface area contributed by atoms with Gasteiger partial charge in [0.15, 0.2) is 0 Å². The summed E-state index contributed by atoms with van der Waals surface area (Å²) >= 11 is 0. The highest BCUT2D eigenvalue weighted by Crippen LogP contribution is 2.21. The van der Waals surface area contributed by atoms with Gasteiger partial charge in [0.2, 0.25) is 5.91 Å². The average molecular weight is 426 g/mol. The highest BCUT2D eigenvalue weighted by atomic mass is 19.1.